The van der Waals surface area contributed by atoms with Gasteiger partial charge in [0.05, 0.1) is 12.5 Å². The number of hydrogen-bond acceptors (Lipinski definition) is 5. The zero-order chi connectivity index (χ0) is 14.0. The first kappa shape index (κ1) is 14.4. The van der Waals surface area contributed by atoms with E-state index in [1.807, 2.05) is 6.92 Å². The van der Waals surface area contributed by atoms with Gasteiger partial charge in [0, 0.05) is 38.8 Å². The van der Waals surface area contributed by atoms with Crippen LogP contribution in [-0.2, 0) is 9.59 Å². The standard InChI is InChI=1S/C13H24N4O2/c1-4-17-12(18)7-11(13(17)19)14-8-10-9-15(2)5-6-16(10)3/h10-11,14H,4-9H2,1-3H3. The lowest BCUT2D eigenvalue weighted by molar-refractivity contribution is -0.138. The van der Waals surface area contributed by atoms with Gasteiger partial charge in [-0.25, -0.2) is 0 Å². The van der Waals surface area contributed by atoms with Gasteiger partial charge < -0.3 is 10.2 Å². The van der Waals surface area contributed by atoms with Crippen molar-refractivity contribution >= 4 is 11.8 Å². The number of imide groups is 1. The van der Waals surface area contributed by atoms with Crippen LogP contribution in [0.5, 0.6) is 0 Å². The molecule has 0 spiro atoms. The van der Waals surface area contributed by atoms with Crippen molar-refractivity contribution in [1.29, 1.82) is 0 Å². The quantitative estimate of drug-likeness (QED) is 0.661. The van der Waals surface area contributed by atoms with E-state index in [1.165, 1.54) is 4.90 Å². The molecular weight excluding hydrogens is 244 g/mol. The average molecular weight is 268 g/mol. The van der Waals surface area contributed by atoms with Crippen LogP contribution in [0.15, 0.2) is 0 Å². The van der Waals surface area contributed by atoms with Crippen molar-refractivity contribution in [1.82, 2.24) is 20.0 Å². The van der Waals surface area contributed by atoms with E-state index in [-0.39, 0.29) is 17.9 Å². The van der Waals surface area contributed by atoms with E-state index in [1.54, 1.807) is 0 Å². The lowest BCUT2D eigenvalue weighted by Gasteiger charge is -2.38. The Morgan fingerprint density at radius 1 is 1.26 bits per heavy atom. The molecule has 0 aromatic carbocycles. The maximum absolute atomic E-state index is 12.0. The number of likely N-dealkylation sites (N-methyl/N-ethyl adjacent to an activating group) is 3. The topological polar surface area (TPSA) is 55.9 Å². The molecule has 2 aliphatic heterocycles. The van der Waals surface area contributed by atoms with Gasteiger partial charge >= 0.3 is 0 Å². The highest BCUT2D eigenvalue weighted by Crippen LogP contribution is 2.13. The zero-order valence-electron chi connectivity index (χ0n) is 12.1. The molecule has 2 unspecified atom stereocenters. The number of nitrogens with one attached hydrogen (secondary N) is 1. The lowest BCUT2D eigenvalue weighted by atomic mass is 10.1. The van der Waals surface area contributed by atoms with Gasteiger partial charge in [0.1, 0.15) is 0 Å². The number of nitrogens with zero attached hydrogens (tertiary/aromatic N) is 3. The molecule has 2 heterocycles. The van der Waals surface area contributed by atoms with Crippen LogP contribution in [0.1, 0.15) is 13.3 Å². The third kappa shape index (κ3) is 3.13. The van der Waals surface area contributed by atoms with Crippen molar-refractivity contribution < 1.29 is 9.59 Å². The highest BCUT2D eigenvalue weighted by molar-refractivity contribution is 6.05. The number of amides is 2. The molecule has 0 aliphatic carbocycles. The van der Waals surface area contributed by atoms with Crippen LogP contribution >= 0.6 is 0 Å². The normalized spacial score (nSPS) is 30.4. The minimum absolute atomic E-state index is 0.0564. The number of piperazine rings is 1. The molecule has 19 heavy (non-hydrogen) atoms. The summed E-state index contributed by atoms with van der Waals surface area (Å²) >= 11 is 0. The summed E-state index contributed by atoms with van der Waals surface area (Å²) in [6.07, 6.45) is 0.305. The Hall–Kier alpha value is -0.980. The summed E-state index contributed by atoms with van der Waals surface area (Å²) in [4.78, 5) is 29.6. The van der Waals surface area contributed by atoms with E-state index in [0.29, 0.717) is 19.0 Å². The van der Waals surface area contributed by atoms with E-state index in [0.717, 1.165) is 26.2 Å². The van der Waals surface area contributed by atoms with Crippen LogP contribution < -0.4 is 5.32 Å². The molecule has 2 saturated heterocycles. The fraction of sp³-hybridized carbons (Fsp3) is 0.846. The van der Waals surface area contributed by atoms with Crippen LogP contribution in [0.3, 0.4) is 0 Å². The van der Waals surface area contributed by atoms with Gasteiger partial charge in [-0.2, -0.15) is 0 Å². The molecule has 0 radical (unpaired) electrons. The summed E-state index contributed by atoms with van der Waals surface area (Å²) < 4.78 is 0. The maximum Gasteiger partial charge on any atom is 0.246 e. The number of likely N-dealkylation sites (tertiary alicyclic amines) is 1. The Morgan fingerprint density at radius 3 is 2.63 bits per heavy atom. The molecule has 0 bridgehead atoms. The van der Waals surface area contributed by atoms with Crippen molar-refractivity contribution in [2.45, 2.75) is 25.4 Å². The van der Waals surface area contributed by atoms with E-state index < -0.39 is 0 Å². The van der Waals surface area contributed by atoms with Crippen LogP contribution in [0.4, 0.5) is 0 Å². The molecule has 108 valence electrons. The molecule has 6 nitrogen and oxygen atoms in total. The molecule has 1 N–H and O–H groups in total. The molecule has 2 aliphatic rings. The molecule has 0 aromatic rings. The summed E-state index contributed by atoms with van der Waals surface area (Å²) in [7, 11) is 4.22. The van der Waals surface area contributed by atoms with Crippen molar-refractivity contribution in [2.24, 2.45) is 0 Å². The molecule has 0 aromatic heterocycles. The minimum Gasteiger partial charge on any atom is -0.304 e. The monoisotopic (exact) mass is 268 g/mol. The second-order valence-electron chi connectivity index (χ2n) is 5.54. The second-order valence-corrected chi connectivity index (χ2v) is 5.54. The molecule has 0 saturated carbocycles. The Morgan fingerprint density at radius 2 is 2.00 bits per heavy atom. The van der Waals surface area contributed by atoms with E-state index >= 15 is 0 Å². The Labute approximate surface area is 114 Å². The van der Waals surface area contributed by atoms with Crippen molar-refractivity contribution in [2.75, 3.05) is 46.8 Å². The maximum atomic E-state index is 12.0. The molecule has 2 amide bonds. The predicted molar refractivity (Wildman–Crippen MR) is 72.7 cm³/mol. The molecular formula is C13H24N4O2. The summed E-state index contributed by atoms with van der Waals surface area (Å²) in [5.41, 5.74) is 0. The number of carbonyl (C=O) groups is 2. The molecule has 6 heteroatoms. The zero-order valence-corrected chi connectivity index (χ0v) is 12.1. The summed E-state index contributed by atoms with van der Waals surface area (Å²) in [5.74, 6) is -0.126. The number of hydrogen-bond donors (Lipinski definition) is 1. The fourth-order valence-electron chi connectivity index (χ4n) is 2.77. The van der Waals surface area contributed by atoms with Crippen LogP contribution in [-0.4, -0.2) is 85.4 Å². The summed E-state index contributed by atoms with van der Waals surface area (Å²) in [6, 6.07) is 0.0745. The van der Waals surface area contributed by atoms with Gasteiger partial charge in [0.25, 0.3) is 0 Å². The minimum atomic E-state index is -0.326. The SMILES string of the molecule is CCN1C(=O)CC(NCC2CN(C)CCN2C)C1=O. The van der Waals surface area contributed by atoms with Crippen molar-refractivity contribution in [3.8, 4) is 0 Å². The highest BCUT2D eigenvalue weighted by atomic mass is 16.2. The third-order valence-corrected chi connectivity index (χ3v) is 4.14. The number of rotatable bonds is 4. The van der Waals surface area contributed by atoms with Gasteiger partial charge in [0.2, 0.25) is 11.8 Å². The second kappa shape index (κ2) is 5.98. The van der Waals surface area contributed by atoms with Gasteiger partial charge in [-0.1, -0.05) is 0 Å². The average Bonchev–Trinajstić information content (AvgIpc) is 2.65. The Kier molecular flexibility index (Phi) is 4.54. The van der Waals surface area contributed by atoms with Gasteiger partial charge in [-0.3, -0.25) is 19.4 Å². The van der Waals surface area contributed by atoms with Crippen LogP contribution in [0, 0.1) is 0 Å². The van der Waals surface area contributed by atoms with Crippen molar-refractivity contribution in [3.63, 3.8) is 0 Å². The van der Waals surface area contributed by atoms with E-state index in [4.69, 9.17) is 0 Å². The fourth-order valence-corrected chi connectivity index (χ4v) is 2.77. The first-order chi connectivity index (χ1) is 9.02. The molecule has 2 atom stereocenters. The van der Waals surface area contributed by atoms with E-state index in [9.17, 15) is 9.59 Å². The number of carbonyl (C=O) groups excluding carboxylic acids is 2. The van der Waals surface area contributed by atoms with Crippen LogP contribution in [0.2, 0.25) is 0 Å². The van der Waals surface area contributed by atoms with Crippen molar-refractivity contribution in [3.05, 3.63) is 0 Å². The summed E-state index contributed by atoms with van der Waals surface area (Å²) in [5, 5.41) is 3.27. The van der Waals surface area contributed by atoms with E-state index in [2.05, 4.69) is 29.2 Å². The Bertz CT molecular complexity index is 361. The molecule has 2 rings (SSSR count). The van der Waals surface area contributed by atoms with Gasteiger partial charge in [0.15, 0.2) is 0 Å². The van der Waals surface area contributed by atoms with Gasteiger partial charge in [-0.15, -0.1) is 0 Å². The highest BCUT2D eigenvalue weighted by Gasteiger charge is 2.37. The predicted octanol–water partition coefficient (Wildman–Crippen LogP) is -1.03. The summed E-state index contributed by atoms with van der Waals surface area (Å²) in [6.45, 7) is 6.18. The molecule has 2 fully saturated rings. The smallest absolute Gasteiger partial charge is 0.246 e. The third-order valence-electron chi connectivity index (χ3n) is 4.14. The largest absolute Gasteiger partial charge is 0.304 e. The first-order valence-corrected chi connectivity index (χ1v) is 6.99. The lowest BCUT2D eigenvalue weighted by Crippen LogP contribution is -2.55. The first-order valence-electron chi connectivity index (χ1n) is 6.99. The van der Waals surface area contributed by atoms with Gasteiger partial charge in [-0.05, 0) is 21.0 Å². The Balaban J connectivity index is 1.85. The van der Waals surface area contributed by atoms with Crippen LogP contribution in [0.25, 0.3) is 0 Å².